The van der Waals surface area contributed by atoms with E-state index < -0.39 is 30.0 Å². The number of carboxylic acid groups (broad SMARTS) is 1. The summed E-state index contributed by atoms with van der Waals surface area (Å²) in [5, 5.41) is 14.7. The van der Waals surface area contributed by atoms with Gasteiger partial charge < -0.3 is 32.9 Å². The first-order valence-corrected chi connectivity index (χ1v) is 11.4. The SMILES string of the molecule is NCCCC[C@H](NC(=O)[C@H](CCCCN)NC(=O)[C@@H](N)CC1CCCCC1)C(=O)O. The lowest BCUT2D eigenvalue weighted by molar-refractivity contribution is -0.142. The maximum Gasteiger partial charge on any atom is 0.326 e. The minimum absolute atomic E-state index is 0.295. The summed E-state index contributed by atoms with van der Waals surface area (Å²) < 4.78 is 0. The molecule has 1 aliphatic carbocycles. The van der Waals surface area contributed by atoms with Crippen LogP contribution in [-0.2, 0) is 14.4 Å². The fourth-order valence-electron chi connectivity index (χ4n) is 3.95. The van der Waals surface area contributed by atoms with Gasteiger partial charge in [-0.15, -0.1) is 0 Å². The van der Waals surface area contributed by atoms with Crippen molar-refractivity contribution in [2.24, 2.45) is 23.1 Å². The van der Waals surface area contributed by atoms with Crippen molar-refractivity contribution < 1.29 is 19.5 Å². The zero-order chi connectivity index (χ0) is 22.4. The van der Waals surface area contributed by atoms with Crippen LogP contribution >= 0.6 is 0 Å². The zero-order valence-corrected chi connectivity index (χ0v) is 18.1. The summed E-state index contributed by atoms with van der Waals surface area (Å²) in [5.41, 5.74) is 17.1. The first kappa shape index (κ1) is 26.3. The highest BCUT2D eigenvalue weighted by Crippen LogP contribution is 2.27. The Labute approximate surface area is 179 Å². The molecule has 0 aliphatic heterocycles. The first-order valence-electron chi connectivity index (χ1n) is 11.4. The summed E-state index contributed by atoms with van der Waals surface area (Å²) in [4.78, 5) is 36.9. The Hall–Kier alpha value is -1.71. The largest absolute Gasteiger partial charge is 0.480 e. The summed E-state index contributed by atoms with van der Waals surface area (Å²) in [6.45, 7) is 0.956. The number of carboxylic acids is 1. The van der Waals surface area contributed by atoms with E-state index in [1.807, 2.05) is 0 Å². The van der Waals surface area contributed by atoms with Crippen LogP contribution < -0.4 is 27.8 Å². The van der Waals surface area contributed by atoms with Gasteiger partial charge in [-0.05, 0) is 64.0 Å². The highest BCUT2D eigenvalue weighted by molar-refractivity contribution is 5.91. The third-order valence-electron chi connectivity index (χ3n) is 5.79. The number of nitrogens with one attached hydrogen (secondary N) is 2. The van der Waals surface area contributed by atoms with E-state index in [0.29, 0.717) is 64.0 Å². The molecule has 30 heavy (non-hydrogen) atoms. The normalized spacial score (nSPS) is 17.7. The number of aliphatic carboxylic acids is 1. The van der Waals surface area contributed by atoms with Crippen LogP contribution in [-0.4, -0.2) is 54.1 Å². The van der Waals surface area contributed by atoms with Crippen LogP contribution in [0.2, 0.25) is 0 Å². The summed E-state index contributed by atoms with van der Waals surface area (Å²) in [6.07, 6.45) is 9.70. The summed E-state index contributed by atoms with van der Waals surface area (Å²) in [7, 11) is 0. The molecule has 3 atom stereocenters. The van der Waals surface area contributed by atoms with Crippen LogP contribution in [0.25, 0.3) is 0 Å². The van der Waals surface area contributed by atoms with E-state index in [1.165, 1.54) is 19.3 Å². The molecule has 0 unspecified atom stereocenters. The van der Waals surface area contributed by atoms with E-state index in [0.717, 1.165) is 12.8 Å². The maximum absolute atomic E-state index is 12.7. The van der Waals surface area contributed by atoms with Crippen molar-refractivity contribution in [2.75, 3.05) is 13.1 Å². The molecule has 1 aliphatic rings. The molecule has 0 spiro atoms. The number of amides is 2. The maximum atomic E-state index is 12.7. The second kappa shape index (κ2) is 15.1. The standard InChI is InChI=1S/C21H41N5O4/c22-12-6-4-10-17(20(28)26-18(21(29)30)11-5-7-13-23)25-19(27)16(24)14-15-8-2-1-3-9-15/h15-18H,1-14,22-24H2,(H,25,27)(H,26,28)(H,29,30)/t16-,17-,18-/m0/s1. The molecule has 0 aromatic heterocycles. The van der Waals surface area contributed by atoms with Gasteiger partial charge in [0.05, 0.1) is 6.04 Å². The lowest BCUT2D eigenvalue weighted by Gasteiger charge is -2.26. The molecule has 1 saturated carbocycles. The van der Waals surface area contributed by atoms with Crippen molar-refractivity contribution in [3.63, 3.8) is 0 Å². The summed E-state index contributed by atoms with van der Waals surface area (Å²) in [6, 6.07) is -2.50. The second-order valence-electron chi connectivity index (χ2n) is 8.38. The molecule has 0 radical (unpaired) electrons. The van der Waals surface area contributed by atoms with Crippen molar-refractivity contribution in [3.05, 3.63) is 0 Å². The summed E-state index contributed by atoms with van der Waals surface area (Å²) in [5.74, 6) is -1.50. The molecule has 1 fully saturated rings. The Kier molecular flexibility index (Phi) is 13.3. The predicted octanol–water partition coefficient (Wildman–Crippen LogP) is 0.596. The van der Waals surface area contributed by atoms with Crippen molar-refractivity contribution >= 4 is 17.8 Å². The van der Waals surface area contributed by atoms with Crippen molar-refractivity contribution in [1.82, 2.24) is 10.6 Å². The van der Waals surface area contributed by atoms with Crippen LogP contribution in [0.15, 0.2) is 0 Å². The number of hydrogen-bond acceptors (Lipinski definition) is 6. The Balaban J connectivity index is 2.66. The lowest BCUT2D eigenvalue weighted by atomic mass is 9.85. The topological polar surface area (TPSA) is 174 Å². The molecule has 174 valence electrons. The number of rotatable bonds is 15. The molecular formula is C21H41N5O4. The van der Waals surface area contributed by atoms with E-state index >= 15 is 0 Å². The molecule has 0 aromatic carbocycles. The Bertz CT molecular complexity index is 526. The number of nitrogens with two attached hydrogens (primary N) is 3. The molecule has 9 nitrogen and oxygen atoms in total. The molecule has 0 saturated heterocycles. The third kappa shape index (κ3) is 10.4. The van der Waals surface area contributed by atoms with Crippen molar-refractivity contribution in [2.45, 2.75) is 95.2 Å². The smallest absolute Gasteiger partial charge is 0.326 e. The van der Waals surface area contributed by atoms with Gasteiger partial charge in [0.25, 0.3) is 0 Å². The van der Waals surface area contributed by atoms with Gasteiger partial charge in [-0.1, -0.05) is 32.1 Å². The first-order chi connectivity index (χ1) is 14.4. The van der Waals surface area contributed by atoms with E-state index in [2.05, 4.69) is 10.6 Å². The van der Waals surface area contributed by atoms with Gasteiger partial charge in [-0.25, -0.2) is 4.79 Å². The fourth-order valence-corrected chi connectivity index (χ4v) is 3.95. The van der Waals surface area contributed by atoms with Crippen LogP contribution in [0.3, 0.4) is 0 Å². The monoisotopic (exact) mass is 427 g/mol. The molecule has 9 N–H and O–H groups in total. The minimum Gasteiger partial charge on any atom is -0.480 e. The predicted molar refractivity (Wildman–Crippen MR) is 116 cm³/mol. The molecule has 1 rings (SSSR count). The Morgan fingerprint density at radius 3 is 1.90 bits per heavy atom. The fraction of sp³-hybridized carbons (Fsp3) is 0.857. The van der Waals surface area contributed by atoms with Crippen LogP contribution in [0.1, 0.15) is 77.0 Å². The van der Waals surface area contributed by atoms with Gasteiger partial charge >= 0.3 is 5.97 Å². The molecule has 0 heterocycles. The number of hydrogen-bond donors (Lipinski definition) is 6. The van der Waals surface area contributed by atoms with Crippen LogP contribution in [0.4, 0.5) is 0 Å². The lowest BCUT2D eigenvalue weighted by Crippen LogP contribution is -2.54. The van der Waals surface area contributed by atoms with Gasteiger partial charge in [-0.2, -0.15) is 0 Å². The van der Waals surface area contributed by atoms with E-state index in [-0.39, 0.29) is 5.91 Å². The quantitative estimate of drug-likeness (QED) is 0.207. The third-order valence-corrected chi connectivity index (χ3v) is 5.79. The zero-order valence-electron chi connectivity index (χ0n) is 18.1. The van der Waals surface area contributed by atoms with Gasteiger partial charge in [0.2, 0.25) is 11.8 Å². The number of unbranched alkanes of at least 4 members (excludes halogenated alkanes) is 2. The second-order valence-corrected chi connectivity index (χ2v) is 8.38. The van der Waals surface area contributed by atoms with Crippen molar-refractivity contribution in [1.29, 1.82) is 0 Å². The van der Waals surface area contributed by atoms with Gasteiger partial charge in [0.1, 0.15) is 12.1 Å². The molecule has 9 heteroatoms. The Morgan fingerprint density at radius 1 is 0.833 bits per heavy atom. The van der Waals surface area contributed by atoms with Gasteiger partial charge in [0.15, 0.2) is 0 Å². The number of carbonyl (C=O) groups excluding carboxylic acids is 2. The summed E-state index contributed by atoms with van der Waals surface area (Å²) >= 11 is 0. The van der Waals surface area contributed by atoms with Crippen LogP contribution in [0, 0.1) is 5.92 Å². The number of carbonyl (C=O) groups is 3. The highest BCUT2D eigenvalue weighted by Gasteiger charge is 2.28. The van der Waals surface area contributed by atoms with Crippen molar-refractivity contribution in [3.8, 4) is 0 Å². The molecule has 2 amide bonds. The van der Waals surface area contributed by atoms with Gasteiger partial charge in [-0.3, -0.25) is 9.59 Å². The minimum atomic E-state index is -1.10. The molecular weight excluding hydrogens is 386 g/mol. The average molecular weight is 428 g/mol. The Morgan fingerprint density at radius 2 is 1.37 bits per heavy atom. The molecule has 0 bridgehead atoms. The van der Waals surface area contributed by atoms with E-state index in [9.17, 15) is 19.5 Å². The van der Waals surface area contributed by atoms with Gasteiger partial charge in [0, 0.05) is 0 Å². The molecule has 0 aromatic rings. The van der Waals surface area contributed by atoms with E-state index in [1.54, 1.807) is 0 Å². The van der Waals surface area contributed by atoms with E-state index in [4.69, 9.17) is 17.2 Å². The highest BCUT2D eigenvalue weighted by atomic mass is 16.4. The average Bonchev–Trinajstić information content (AvgIpc) is 2.72. The van der Waals surface area contributed by atoms with Crippen LogP contribution in [0.5, 0.6) is 0 Å².